The van der Waals surface area contributed by atoms with Crippen molar-refractivity contribution in [2.45, 2.75) is 19.4 Å². The van der Waals surface area contributed by atoms with Crippen molar-refractivity contribution in [2.75, 3.05) is 6.61 Å². The first kappa shape index (κ1) is 24.5. The number of hydrogen-bond donors (Lipinski definition) is 3. The van der Waals surface area contributed by atoms with Crippen molar-refractivity contribution in [3.63, 3.8) is 0 Å². The smallest absolute Gasteiger partial charge is 0.334 e. The largest absolute Gasteiger partial charge is 0.484 e. The molecule has 0 spiro atoms. The average molecular weight is 480 g/mol. The van der Waals surface area contributed by atoms with Crippen molar-refractivity contribution in [3.8, 4) is 16.9 Å². The van der Waals surface area contributed by atoms with Crippen LogP contribution in [0.3, 0.4) is 0 Å². The molecule has 1 aromatic carbocycles. The molecule has 0 unspecified atom stereocenters. The lowest BCUT2D eigenvalue weighted by Crippen LogP contribution is -2.47. The Balaban J connectivity index is 1.67. The van der Waals surface area contributed by atoms with Crippen molar-refractivity contribution in [1.82, 2.24) is 30.9 Å². The predicted molar refractivity (Wildman–Crippen MR) is 112 cm³/mol. The lowest BCUT2D eigenvalue weighted by molar-refractivity contribution is 0.0802. The number of rotatable bonds is 7. The van der Waals surface area contributed by atoms with Gasteiger partial charge in [0.2, 0.25) is 0 Å². The monoisotopic (exact) mass is 480 g/mol. The fourth-order valence-corrected chi connectivity index (χ4v) is 2.97. The van der Waals surface area contributed by atoms with E-state index in [-0.39, 0.29) is 22.4 Å². The van der Waals surface area contributed by atoms with Gasteiger partial charge in [0.05, 0.1) is 23.5 Å². The Kier molecular flexibility index (Phi) is 7.66. The Morgan fingerprint density at radius 1 is 1.15 bits per heavy atom. The standard InChI is InChI=1S/C21H20F4N6O3/c1-11(28-21(33)30-29-20(32)13-8-27-31(2)9-13)18-16(23)6-12(7-26-18)14-4-3-5-15(22)19(14)34-10-17(24)25/h3-9,11,17H,10H2,1-2H3,(H,29,32)(H2,28,30,33)/t11-/m1/s1. The van der Waals surface area contributed by atoms with E-state index in [1.165, 1.54) is 42.3 Å². The third-order valence-electron chi connectivity index (χ3n) is 4.52. The maximum absolute atomic E-state index is 14.8. The number of nitrogens with one attached hydrogen (secondary N) is 3. The Morgan fingerprint density at radius 3 is 2.56 bits per heavy atom. The molecule has 3 amide bonds. The number of carbonyl (C=O) groups is 2. The zero-order valence-corrected chi connectivity index (χ0v) is 18.0. The van der Waals surface area contributed by atoms with Gasteiger partial charge in [-0.3, -0.25) is 19.9 Å². The minimum Gasteiger partial charge on any atom is -0.484 e. The van der Waals surface area contributed by atoms with E-state index in [0.717, 1.165) is 12.1 Å². The lowest BCUT2D eigenvalue weighted by atomic mass is 10.0. The number of para-hydroxylation sites is 1. The van der Waals surface area contributed by atoms with Gasteiger partial charge < -0.3 is 10.1 Å². The van der Waals surface area contributed by atoms with Crippen LogP contribution in [0.2, 0.25) is 0 Å². The third kappa shape index (κ3) is 5.99. The predicted octanol–water partition coefficient (Wildman–Crippen LogP) is 3.11. The van der Waals surface area contributed by atoms with Crippen LogP contribution in [0.25, 0.3) is 11.1 Å². The molecule has 1 atom stereocenters. The fraction of sp³-hybridized carbons (Fsp3) is 0.238. The highest BCUT2D eigenvalue weighted by atomic mass is 19.3. The van der Waals surface area contributed by atoms with Crippen LogP contribution < -0.4 is 20.9 Å². The molecule has 2 aromatic heterocycles. The van der Waals surface area contributed by atoms with Gasteiger partial charge in [-0.25, -0.2) is 27.8 Å². The van der Waals surface area contributed by atoms with E-state index in [9.17, 15) is 27.2 Å². The van der Waals surface area contributed by atoms with Crippen LogP contribution in [0.1, 0.15) is 29.0 Å². The van der Waals surface area contributed by atoms with E-state index in [1.807, 2.05) is 0 Å². The minimum absolute atomic E-state index is 0.0371. The van der Waals surface area contributed by atoms with Gasteiger partial charge in [-0.05, 0) is 19.1 Å². The Hall–Kier alpha value is -4.16. The number of amides is 3. The molecule has 0 bridgehead atoms. The number of aromatic nitrogens is 3. The molecule has 0 aliphatic carbocycles. The number of urea groups is 1. The Bertz CT molecular complexity index is 1190. The molecule has 0 saturated carbocycles. The van der Waals surface area contributed by atoms with Crippen molar-refractivity contribution >= 4 is 11.9 Å². The first-order valence-corrected chi connectivity index (χ1v) is 9.86. The molecule has 0 radical (unpaired) electrons. The molecule has 0 fully saturated rings. The Morgan fingerprint density at radius 2 is 1.91 bits per heavy atom. The number of ether oxygens (including phenoxy) is 1. The number of carbonyl (C=O) groups excluding carboxylic acids is 2. The van der Waals surface area contributed by atoms with Gasteiger partial charge in [-0.15, -0.1) is 0 Å². The second kappa shape index (κ2) is 10.6. The zero-order chi connectivity index (χ0) is 24.8. The van der Waals surface area contributed by atoms with E-state index < -0.39 is 48.4 Å². The van der Waals surface area contributed by atoms with Crippen LogP contribution in [0.5, 0.6) is 5.75 Å². The van der Waals surface area contributed by atoms with Crippen LogP contribution in [0.4, 0.5) is 22.4 Å². The summed E-state index contributed by atoms with van der Waals surface area (Å²) >= 11 is 0. The highest BCUT2D eigenvalue weighted by Gasteiger charge is 2.19. The maximum atomic E-state index is 14.8. The van der Waals surface area contributed by atoms with Gasteiger partial charge in [0, 0.05) is 30.6 Å². The molecule has 3 aromatic rings. The fourth-order valence-electron chi connectivity index (χ4n) is 2.97. The van der Waals surface area contributed by atoms with Crippen LogP contribution >= 0.6 is 0 Å². The number of hydrazine groups is 1. The number of nitrogens with zero attached hydrogens (tertiary/aromatic N) is 3. The van der Waals surface area contributed by atoms with Crippen molar-refractivity contribution in [2.24, 2.45) is 7.05 Å². The van der Waals surface area contributed by atoms with Gasteiger partial charge in [-0.2, -0.15) is 5.10 Å². The average Bonchev–Trinajstić information content (AvgIpc) is 3.22. The molecule has 2 heterocycles. The Labute approximate surface area is 191 Å². The quantitative estimate of drug-likeness (QED) is 0.356. The molecule has 180 valence electrons. The van der Waals surface area contributed by atoms with Gasteiger partial charge in [0.15, 0.2) is 11.6 Å². The van der Waals surface area contributed by atoms with Crippen LogP contribution in [-0.4, -0.2) is 39.7 Å². The summed E-state index contributed by atoms with van der Waals surface area (Å²) < 4.78 is 60.1. The molecule has 0 aliphatic rings. The van der Waals surface area contributed by atoms with Gasteiger partial charge in [0.1, 0.15) is 12.4 Å². The summed E-state index contributed by atoms with van der Waals surface area (Å²) in [5.41, 5.74) is 4.49. The summed E-state index contributed by atoms with van der Waals surface area (Å²) in [6, 6.07) is 2.99. The van der Waals surface area contributed by atoms with Crippen LogP contribution in [-0.2, 0) is 7.05 Å². The molecular weight excluding hydrogens is 460 g/mol. The zero-order valence-electron chi connectivity index (χ0n) is 18.0. The van der Waals surface area contributed by atoms with E-state index in [4.69, 9.17) is 4.74 Å². The lowest BCUT2D eigenvalue weighted by Gasteiger charge is -2.16. The topological polar surface area (TPSA) is 110 Å². The van der Waals surface area contributed by atoms with E-state index >= 15 is 0 Å². The van der Waals surface area contributed by atoms with Crippen molar-refractivity contribution in [1.29, 1.82) is 0 Å². The molecule has 13 heteroatoms. The summed E-state index contributed by atoms with van der Waals surface area (Å²) in [6.45, 7) is 0.419. The molecule has 34 heavy (non-hydrogen) atoms. The van der Waals surface area contributed by atoms with Gasteiger partial charge in [0.25, 0.3) is 12.3 Å². The highest BCUT2D eigenvalue weighted by Crippen LogP contribution is 2.33. The summed E-state index contributed by atoms with van der Waals surface area (Å²) in [5.74, 6) is -2.78. The number of halogens is 4. The van der Waals surface area contributed by atoms with Gasteiger partial charge in [-0.1, -0.05) is 12.1 Å². The highest BCUT2D eigenvalue weighted by molar-refractivity contribution is 5.94. The van der Waals surface area contributed by atoms with E-state index in [1.54, 1.807) is 7.05 Å². The molecule has 0 aliphatic heterocycles. The minimum atomic E-state index is -2.82. The molecule has 3 rings (SSSR count). The first-order chi connectivity index (χ1) is 16.2. The summed E-state index contributed by atoms with van der Waals surface area (Å²) in [4.78, 5) is 27.9. The molecule has 9 nitrogen and oxygen atoms in total. The van der Waals surface area contributed by atoms with Crippen molar-refractivity contribution < 1.29 is 31.9 Å². The number of benzene rings is 1. The number of aryl methyl sites for hydroxylation is 1. The second-order valence-corrected chi connectivity index (χ2v) is 7.09. The van der Waals surface area contributed by atoms with E-state index in [2.05, 4.69) is 26.3 Å². The molecule has 0 saturated heterocycles. The van der Waals surface area contributed by atoms with Crippen LogP contribution in [0, 0.1) is 11.6 Å². The van der Waals surface area contributed by atoms with E-state index in [0.29, 0.717) is 0 Å². The summed E-state index contributed by atoms with van der Waals surface area (Å²) in [5, 5.41) is 6.24. The first-order valence-electron chi connectivity index (χ1n) is 9.86. The molecule has 3 N–H and O–H groups in total. The summed E-state index contributed by atoms with van der Waals surface area (Å²) in [7, 11) is 1.62. The molecular formula is C21H20F4N6O3. The number of alkyl halides is 2. The number of hydrogen-bond acceptors (Lipinski definition) is 5. The number of pyridine rings is 1. The summed E-state index contributed by atoms with van der Waals surface area (Å²) in [6.07, 6.45) is 1.13. The maximum Gasteiger partial charge on any atom is 0.334 e. The normalized spacial score (nSPS) is 11.7. The SMILES string of the molecule is C[C@@H](NC(=O)NNC(=O)c1cnn(C)c1)c1ncc(-c2cccc(F)c2OCC(F)F)cc1F. The second-order valence-electron chi connectivity index (χ2n) is 7.09. The van der Waals surface area contributed by atoms with Crippen LogP contribution in [0.15, 0.2) is 42.9 Å². The van der Waals surface area contributed by atoms with Gasteiger partial charge >= 0.3 is 6.03 Å². The van der Waals surface area contributed by atoms with Crippen molar-refractivity contribution in [3.05, 3.63) is 65.7 Å². The third-order valence-corrected chi connectivity index (χ3v) is 4.52.